The summed E-state index contributed by atoms with van der Waals surface area (Å²) in [4.78, 5) is 10.3. The third kappa shape index (κ3) is 5.29. The molecular weight excluding hydrogens is 234 g/mol. The molecule has 0 aliphatic heterocycles. The Labute approximate surface area is 107 Å². The van der Waals surface area contributed by atoms with E-state index in [1.165, 1.54) is 0 Å². The van der Waals surface area contributed by atoms with Crippen LogP contribution in [0.1, 0.15) is 0 Å². The second kappa shape index (κ2) is 8.50. The minimum absolute atomic E-state index is 0.702. The lowest BCUT2D eigenvalue weighted by Gasteiger charge is -2.07. The SMILES string of the molecule is CS.c1ccc(ONOc2ccccc2)cc1. The molecule has 4 heteroatoms. The molecule has 0 aliphatic rings. The van der Waals surface area contributed by atoms with E-state index in [0.717, 1.165) is 0 Å². The first-order valence-electron chi connectivity index (χ1n) is 5.09. The van der Waals surface area contributed by atoms with Crippen LogP contribution in [0.4, 0.5) is 0 Å². The number of benzene rings is 2. The molecule has 17 heavy (non-hydrogen) atoms. The van der Waals surface area contributed by atoms with Crippen LogP contribution in [0.25, 0.3) is 0 Å². The molecule has 90 valence electrons. The van der Waals surface area contributed by atoms with Crippen molar-refractivity contribution in [3.8, 4) is 11.5 Å². The molecule has 3 nitrogen and oxygen atoms in total. The molecule has 0 spiro atoms. The van der Waals surface area contributed by atoms with Gasteiger partial charge in [0.15, 0.2) is 11.5 Å². The van der Waals surface area contributed by atoms with Crippen molar-refractivity contribution in [2.24, 2.45) is 0 Å². The van der Waals surface area contributed by atoms with Gasteiger partial charge in [0.1, 0.15) is 0 Å². The second-order valence-electron chi connectivity index (χ2n) is 2.91. The Morgan fingerprint density at radius 1 is 0.706 bits per heavy atom. The molecule has 0 bridgehead atoms. The number of hydrogen-bond acceptors (Lipinski definition) is 4. The fourth-order valence-corrected chi connectivity index (χ4v) is 1.09. The lowest BCUT2D eigenvalue weighted by molar-refractivity contribution is -0.0191. The molecule has 0 saturated carbocycles. The van der Waals surface area contributed by atoms with E-state index >= 15 is 0 Å². The molecule has 2 aromatic rings. The maximum atomic E-state index is 5.14. The summed E-state index contributed by atoms with van der Waals surface area (Å²) in [5.74, 6) is 1.40. The third-order valence-electron chi connectivity index (χ3n) is 1.81. The average Bonchev–Trinajstić information content (AvgIpc) is 2.43. The first-order valence-corrected chi connectivity index (χ1v) is 5.98. The highest BCUT2D eigenvalue weighted by molar-refractivity contribution is 7.79. The normalized spacial score (nSPS) is 8.82. The van der Waals surface area contributed by atoms with E-state index in [-0.39, 0.29) is 0 Å². The molecule has 0 amide bonds. The van der Waals surface area contributed by atoms with Gasteiger partial charge in [0, 0.05) is 5.64 Å². The van der Waals surface area contributed by atoms with Gasteiger partial charge in [-0.15, -0.1) is 0 Å². The lowest BCUT2D eigenvalue weighted by Crippen LogP contribution is -2.22. The molecule has 0 aliphatic carbocycles. The molecule has 0 heterocycles. The van der Waals surface area contributed by atoms with Crippen molar-refractivity contribution in [2.75, 3.05) is 6.26 Å². The quantitative estimate of drug-likeness (QED) is 0.644. The van der Waals surface area contributed by atoms with E-state index in [0.29, 0.717) is 11.5 Å². The summed E-state index contributed by atoms with van der Waals surface area (Å²) in [5.41, 5.74) is 2.42. The van der Waals surface area contributed by atoms with Crippen LogP contribution in [-0.4, -0.2) is 6.26 Å². The van der Waals surface area contributed by atoms with Crippen LogP contribution >= 0.6 is 12.6 Å². The Morgan fingerprint density at radius 2 is 1.06 bits per heavy atom. The summed E-state index contributed by atoms with van der Waals surface area (Å²) in [6, 6.07) is 18.7. The predicted octanol–water partition coefficient (Wildman–Crippen LogP) is 3.11. The molecular formula is C13H15NO2S. The fraction of sp³-hybridized carbons (Fsp3) is 0.0769. The standard InChI is InChI=1S/C12H11NO2.CH4S/c1-3-7-11(8-4-1)14-13-15-12-9-5-2-6-10-12;1-2/h1-10,13H;2H,1H3. The third-order valence-corrected chi connectivity index (χ3v) is 1.81. The molecule has 1 N–H and O–H groups in total. The highest BCUT2D eigenvalue weighted by atomic mass is 32.1. The Kier molecular flexibility index (Phi) is 6.70. The Balaban J connectivity index is 0.000000686. The van der Waals surface area contributed by atoms with Gasteiger partial charge in [-0.2, -0.15) is 12.6 Å². The van der Waals surface area contributed by atoms with Gasteiger partial charge < -0.3 is 9.68 Å². The van der Waals surface area contributed by atoms with Crippen LogP contribution < -0.4 is 15.3 Å². The zero-order valence-corrected chi connectivity index (χ0v) is 10.4. The summed E-state index contributed by atoms with van der Waals surface area (Å²) in [7, 11) is 0. The molecule has 2 aromatic carbocycles. The van der Waals surface area contributed by atoms with E-state index in [1.807, 2.05) is 60.7 Å². The number of rotatable bonds is 4. The van der Waals surface area contributed by atoms with E-state index in [2.05, 4.69) is 18.3 Å². The van der Waals surface area contributed by atoms with Gasteiger partial charge in [-0.25, -0.2) is 0 Å². The smallest absolute Gasteiger partial charge is 0.151 e. The lowest BCUT2D eigenvalue weighted by atomic mass is 10.3. The molecule has 0 saturated heterocycles. The molecule has 2 rings (SSSR count). The minimum Gasteiger partial charge on any atom is -0.374 e. The van der Waals surface area contributed by atoms with Crippen molar-refractivity contribution in [3.05, 3.63) is 60.7 Å². The number of hydrogen-bond donors (Lipinski definition) is 2. The maximum Gasteiger partial charge on any atom is 0.151 e. The van der Waals surface area contributed by atoms with Gasteiger partial charge in [0.05, 0.1) is 0 Å². The summed E-state index contributed by atoms with van der Waals surface area (Å²) < 4.78 is 0. The van der Waals surface area contributed by atoms with Crippen LogP contribution in [0, 0.1) is 0 Å². The van der Waals surface area contributed by atoms with E-state index in [1.54, 1.807) is 6.26 Å². The molecule has 0 radical (unpaired) electrons. The van der Waals surface area contributed by atoms with E-state index in [9.17, 15) is 0 Å². The topological polar surface area (TPSA) is 30.5 Å². The molecule has 0 atom stereocenters. The average molecular weight is 249 g/mol. The van der Waals surface area contributed by atoms with Gasteiger partial charge in [-0.1, -0.05) is 36.4 Å². The molecule has 0 aromatic heterocycles. The Bertz CT molecular complexity index is 355. The highest BCUT2D eigenvalue weighted by Crippen LogP contribution is 2.09. The first kappa shape index (κ1) is 13.4. The van der Waals surface area contributed by atoms with Crippen molar-refractivity contribution in [2.45, 2.75) is 0 Å². The van der Waals surface area contributed by atoms with Crippen LogP contribution in [0.5, 0.6) is 11.5 Å². The van der Waals surface area contributed by atoms with Crippen LogP contribution in [-0.2, 0) is 0 Å². The molecule has 0 unspecified atom stereocenters. The summed E-state index contributed by atoms with van der Waals surface area (Å²) in [5, 5.41) is 0. The molecule has 0 fully saturated rings. The van der Waals surface area contributed by atoms with E-state index < -0.39 is 0 Å². The first-order chi connectivity index (χ1) is 8.45. The predicted molar refractivity (Wildman–Crippen MR) is 72.2 cm³/mol. The van der Waals surface area contributed by atoms with Gasteiger partial charge in [-0.05, 0) is 30.5 Å². The Hall–Kier alpha value is -1.65. The largest absolute Gasteiger partial charge is 0.374 e. The fourth-order valence-electron chi connectivity index (χ4n) is 1.09. The van der Waals surface area contributed by atoms with Gasteiger partial charge in [0.2, 0.25) is 0 Å². The minimum atomic E-state index is 0.702. The van der Waals surface area contributed by atoms with Gasteiger partial charge in [0.25, 0.3) is 0 Å². The van der Waals surface area contributed by atoms with Crippen molar-refractivity contribution >= 4 is 12.6 Å². The van der Waals surface area contributed by atoms with Crippen LogP contribution in [0.2, 0.25) is 0 Å². The van der Waals surface area contributed by atoms with Gasteiger partial charge in [-0.3, -0.25) is 0 Å². The zero-order valence-electron chi connectivity index (χ0n) is 9.54. The summed E-state index contributed by atoms with van der Waals surface area (Å²) in [6.07, 6.45) is 1.69. The van der Waals surface area contributed by atoms with Crippen molar-refractivity contribution in [1.29, 1.82) is 0 Å². The second-order valence-corrected chi connectivity index (χ2v) is 2.91. The number of para-hydroxylation sites is 2. The van der Waals surface area contributed by atoms with Crippen LogP contribution in [0.15, 0.2) is 60.7 Å². The highest BCUT2D eigenvalue weighted by Gasteiger charge is 1.92. The van der Waals surface area contributed by atoms with E-state index in [4.69, 9.17) is 9.68 Å². The zero-order chi connectivity index (χ0) is 12.3. The number of nitrogens with one attached hydrogen (secondary N) is 1. The van der Waals surface area contributed by atoms with Crippen molar-refractivity contribution in [1.82, 2.24) is 5.64 Å². The van der Waals surface area contributed by atoms with Crippen molar-refractivity contribution < 1.29 is 9.68 Å². The summed E-state index contributed by atoms with van der Waals surface area (Å²) in [6.45, 7) is 0. The maximum absolute atomic E-state index is 5.14. The summed E-state index contributed by atoms with van der Waals surface area (Å²) >= 11 is 3.53. The van der Waals surface area contributed by atoms with Crippen molar-refractivity contribution in [3.63, 3.8) is 0 Å². The van der Waals surface area contributed by atoms with Crippen LogP contribution in [0.3, 0.4) is 0 Å². The monoisotopic (exact) mass is 249 g/mol. The Morgan fingerprint density at radius 3 is 1.41 bits per heavy atom. The number of thiol groups is 1. The van der Waals surface area contributed by atoms with Gasteiger partial charge >= 0.3 is 0 Å².